The van der Waals surface area contributed by atoms with Crippen molar-refractivity contribution in [3.63, 3.8) is 0 Å². The van der Waals surface area contributed by atoms with Gasteiger partial charge in [-0.2, -0.15) is 0 Å². The molecular formula is C15H24N2O2S. The van der Waals surface area contributed by atoms with Gasteiger partial charge in [0.1, 0.15) is 6.04 Å². The largest absolute Gasteiger partial charge is 0.468 e. The summed E-state index contributed by atoms with van der Waals surface area (Å²) >= 11 is 1.71. The second-order valence-corrected chi connectivity index (χ2v) is 7.26. The SMILES string of the molecule is COC(=O)[C@H]1CCCCN1Cc1csc(C(C)(C)C)n1. The highest BCUT2D eigenvalue weighted by molar-refractivity contribution is 7.09. The molecule has 1 fully saturated rings. The summed E-state index contributed by atoms with van der Waals surface area (Å²) in [6.45, 7) is 8.21. The van der Waals surface area contributed by atoms with Crippen molar-refractivity contribution in [2.24, 2.45) is 0 Å². The van der Waals surface area contributed by atoms with Crippen LogP contribution in [0.4, 0.5) is 0 Å². The molecule has 1 aliphatic heterocycles. The predicted molar refractivity (Wildman–Crippen MR) is 80.9 cm³/mol. The van der Waals surface area contributed by atoms with E-state index in [0.29, 0.717) is 0 Å². The lowest BCUT2D eigenvalue weighted by Crippen LogP contribution is -2.44. The maximum absolute atomic E-state index is 11.9. The molecule has 4 nitrogen and oxygen atoms in total. The summed E-state index contributed by atoms with van der Waals surface area (Å²) in [6, 6.07) is -0.103. The number of hydrogen-bond acceptors (Lipinski definition) is 5. The van der Waals surface area contributed by atoms with Crippen LogP contribution in [-0.2, 0) is 21.5 Å². The topological polar surface area (TPSA) is 42.4 Å². The van der Waals surface area contributed by atoms with E-state index in [0.717, 1.165) is 43.1 Å². The molecule has 2 rings (SSSR count). The molecule has 0 spiro atoms. The summed E-state index contributed by atoms with van der Waals surface area (Å²) in [6.07, 6.45) is 3.13. The van der Waals surface area contributed by atoms with Crippen molar-refractivity contribution < 1.29 is 9.53 Å². The predicted octanol–water partition coefficient (Wildman–Crippen LogP) is 2.97. The quantitative estimate of drug-likeness (QED) is 0.804. The van der Waals surface area contributed by atoms with Crippen LogP contribution in [0.2, 0.25) is 0 Å². The van der Waals surface area contributed by atoms with E-state index in [-0.39, 0.29) is 17.4 Å². The Morgan fingerprint density at radius 1 is 1.50 bits per heavy atom. The minimum Gasteiger partial charge on any atom is -0.468 e. The highest BCUT2D eigenvalue weighted by Gasteiger charge is 2.30. The monoisotopic (exact) mass is 296 g/mol. The van der Waals surface area contributed by atoms with Crippen molar-refractivity contribution >= 4 is 17.3 Å². The van der Waals surface area contributed by atoms with Crippen LogP contribution in [0.25, 0.3) is 0 Å². The Morgan fingerprint density at radius 2 is 2.25 bits per heavy atom. The molecule has 0 aromatic carbocycles. The minimum atomic E-state index is -0.115. The number of esters is 1. The summed E-state index contributed by atoms with van der Waals surface area (Å²) in [4.78, 5) is 18.8. The number of thiazole rings is 1. The van der Waals surface area contributed by atoms with Gasteiger partial charge in [-0.25, -0.2) is 4.98 Å². The van der Waals surface area contributed by atoms with E-state index in [1.807, 2.05) is 0 Å². The first-order chi connectivity index (χ1) is 9.41. The average molecular weight is 296 g/mol. The van der Waals surface area contributed by atoms with Gasteiger partial charge in [0.25, 0.3) is 0 Å². The number of aromatic nitrogens is 1. The molecule has 112 valence electrons. The normalized spacial score (nSPS) is 20.9. The van der Waals surface area contributed by atoms with Gasteiger partial charge in [0.15, 0.2) is 0 Å². The number of nitrogens with zero attached hydrogens (tertiary/aromatic N) is 2. The first-order valence-corrected chi connectivity index (χ1v) is 8.06. The molecule has 0 saturated carbocycles. The summed E-state index contributed by atoms with van der Waals surface area (Å²) in [7, 11) is 1.47. The van der Waals surface area contributed by atoms with Crippen molar-refractivity contribution in [3.8, 4) is 0 Å². The van der Waals surface area contributed by atoms with E-state index < -0.39 is 0 Å². The van der Waals surface area contributed by atoms with Crippen LogP contribution in [0.3, 0.4) is 0 Å². The van der Waals surface area contributed by atoms with Crippen LogP contribution in [0, 0.1) is 0 Å². The standard InChI is InChI=1S/C15H24N2O2S/c1-15(2,3)14-16-11(10-20-14)9-17-8-6-5-7-12(17)13(18)19-4/h10,12H,5-9H2,1-4H3/t12-/m1/s1. The lowest BCUT2D eigenvalue weighted by Gasteiger charge is -2.33. The lowest BCUT2D eigenvalue weighted by molar-refractivity contribution is -0.148. The number of carbonyl (C=O) groups is 1. The van der Waals surface area contributed by atoms with Gasteiger partial charge in [0, 0.05) is 17.3 Å². The van der Waals surface area contributed by atoms with E-state index in [1.54, 1.807) is 11.3 Å². The van der Waals surface area contributed by atoms with Crippen molar-refractivity contribution in [2.45, 2.75) is 58.0 Å². The molecule has 0 amide bonds. The second kappa shape index (κ2) is 6.22. The van der Waals surface area contributed by atoms with Crippen molar-refractivity contribution in [2.75, 3.05) is 13.7 Å². The average Bonchev–Trinajstić information content (AvgIpc) is 2.87. The molecule has 1 aromatic rings. The van der Waals surface area contributed by atoms with Crippen LogP contribution in [0.15, 0.2) is 5.38 Å². The van der Waals surface area contributed by atoms with Gasteiger partial charge in [0.2, 0.25) is 0 Å². The minimum absolute atomic E-state index is 0.0898. The summed E-state index contributed by atoms with van der Waals surface area (Å²) < 4.78 is 4.92. The van der Waals surface area contributed by atoms with Crippen molar-refractivity contribution in [1.82, 2.24) is 9.88 Å². The second-order valence-electron chi connectivity index (χ2n) is 6.40. The molecule has 1 atom stereocenters. The molecule has 2 heterocycles. The molecule has 0 radical (unpaired) electrons. The zero-order valence-corrected chi connectivity index (χ0v) is 13.6. The number of piperidine rings is 1. The maximum atomic E-state index is 11.9. The molecule has 5 heteroatoms. The molecule has 1 saturated heterocycles. The van der Waals surface area contributed by atoms with E-state index >= 15 is 0 Å². The molecule has 0 bridgehead atoms. The van der Waals surface area contributed by atoms with Gasteiger partial charge in [-0.15, -0.1) is 11.3 Å². The number of rotatable bonds is 3. The Balaban J connectivity index is 2.07. The van der Waals surface area contributed by atoms with E-state index in [2.05, 4.69) is 31.1 Å². The van der Waals surface area contributed by atoms with Gasteiger partial charge in [-0.05, 0) is 19.4 Å². The van der Waals surface area contributed by atoms with Gasteiger partial charge < -0.3 is 4.74 Å². The first-order valence-electron chi connectivity index (χ1n) is 7.18. The van der Waals surface area contributed by atoms with Crippen LogP contribution in [-0.4, -0.2) is 35.5 Å². The van der Waals surface area contributed by atoms with E-state index in [1.165, 1.54) is 7.11 Å². The Morgan fingerprint density at radius 3 is 2.85 bits per heavy atom. The first kappa shape index (κ1) is 15.4. The number of carbonyl (C=O) groups excluding carboxylic acids is 1. The fraction of sp³-hybridized carbons (Fsp3) is 0.733. The number of likely N-dealkylation sites (tertiary alicyclic amines) is 1. The van der Waals surface area contributed by atoms with Gasteiger partial charge in [-0.1, -0.05) is 27.2 Å². The molecule has 0 unspecified atom stereocenters. The Bertz CT molecular complexity index is 465. The van der Waals surface area contributed by atoms with Gasteiger partial charge >= 0.3 is 5.97 Å². The zero-order valence-electron chi connectivity index (χ0n) is 12.8. The molecule has 0 N–H and O–H groups in total. The zero-order chi connectivity index (χ0) is 14.8. The highest BCUT2D eigenvalue weighted by atomic mass is 32.1. The van der Waals surface area contributed by atoms with E-state index in [4.69, 9.17) is 9.72 Å². The van der Waals surface area contributed by atoms with Crippen molar-refractivity contribution in [3.05, 3.63) is 16.1 Å². The van der Waals surface area contributed by atoms with Crippen LogP contribution in [0.1, 0.15) is 50.7 Å². The number of methoxy groups -OCH3 is 1. The third-order valence-electron chi connectivity index (χ3n) is 3.65. The maximum Gasteiger partial charge on any atom is 0.323 e. The van der Waals surface area contributed by atoms with Crippen molar-refractivity contribution in [1.29, 1.82) is 0 Å². The Kier molecular flexibility index (Phi) is 4.81. The summed E-state index contributed by atoms with van der Waals surface area (Å²) in [5, 5.41) is 3.27. The molecule has 1 aromatic heterocycles. The van der Waals surface area contributed by atoms with Crippen LogP contribution < -0.4 is 0 Å². The highest BCUT2D eigenvalue weighted by Crippen LogP contribution is 2.27. The van der Waals surface area contributed by atoms with Gasteiger partial charge in [0.05, 0.1) is 17.8 Å². The summed E-state index contributed by atoms with van der Waals surface area (Å²) in [5.41, 5.74) is 1.16. The Labute approximate surface area is 125 Å². The molecule has 1 aliphatic rings. The smallest absolute Gasteiger partial charge is 0.323 e. The third kappa shape index (κ3) is 3.58. The van der Waals surface area contributed by atoms with Gasteiger partial charge in [-0.3, -0.25) is 9.69 Å². The number of ether oxygens (including phenoxy) is 1. The van der Waals surface area contributed by atoms with E-state index in [9.17, 15) is 4.79 Å². The third-order valence-corrected chi connectivity index (χ3v) is 4.96. The molecule has 0 aliphatic carbocycles. The fourth-order valence-corrected chi connectivity index (χ4v) is 3.41. The molecular weight excluding hydrogens is 272 g/mol. The lowest BCUT2D eigenvalue weighted by atomic mass is 9.98. The van der Waals surface area contributed by atoms with Crippen LogP contribution in [0.5, 0.6) is 0 Å². The fourth-order valence-electron chi connectivity index (χ4n) is 2.52. The Hall–Kier alpha value is -0.940. The number of hydrogen-bond donors (Lipinski definition) is 0. The molecule has 20 heavy (non-hydrogen) atoms. The van der Waals surface area contributed by atoms with Crippen LogP contribution >= 0.6 is 11.3 Å². The summed E-state index contributed by atoms with van der Waals surface area (Å²) in [5.74, 6) is -0.115.